The third kappa shape index (κ3) is 3.27. The van der Waals surface area contributed by atoms with Crippen molar-refractivity contribution in [2.75, 3.05) is 0 Å². The Balaban J connectivity index is 2.13. The summed E-state index contributed by atoms with van der Waals surface area (Å²) in [6, 6.07) is 5.41. The second kappa shape index (κ2) is 6.79. The summed E-state index contributed by atoms with van der Waals surface area (Å²) >= 11 is 12.4. The Hall–Kier alpha value is -0.770. The van der Waals surface area contributed by atoms with Crippen LogP contribution in [0.1, 0.15) is 39.2 Å². The van der Waals surface area contributed by atoms with Gasteiger partial charge in [0.15, 0.2) is 0 Å². The number of ether oxygens (including phenoxy) is 1. The summed E-state index contributed by atoms with van der Waals surface area (Å²) in [5, 5.41) is 5.28. The topological polar surface area (TPSA) is 30.8 Å². The average Bonchev–Trinajstić information content (AvgIpc) is 2.72. The summed E-state index contributed by atoms with van der Waals surface area (Å²) < 4.78 is 5.87. The van der Waals surface area contributed by atoms with E-state index in [1.807, 2.05) is 19.9 Å². The highest BCUT2D eigenvalue weighted by molar-refractivity contribution is 6.40. The molecule has 0 bridgehead atoms. The lowest BCUT2D eigenvalue weighted by Gasteiger charge is -2.20. The molecule has 0 N–H and O–H groups in total. The van der Waals surface area contributed by atoms with E-state index in [0.717, 1.165) is 24.1 Å². The van der Waals surface area contributed by atoms with Crippen molar-refractivity contribution >= 4 is 28.9 Å². The van der Waals surface area contributed by atoms with Crippen LogP contribution in [0.2, 0.25) is 10.0 Å². The summed E-state index contributed by atoms with van der Waals surface area (Å²) in [7, 11) is 0. The minimum atomic E-state index is -0.376. The fourth-order valence-corrected chi connectivity index (χ4v) is 2.87. The number of nitrogens with zero attached hydrogens (tertiary/aromatic N) is 1. The molecule has 0 aromatic heterocycles. The molecule has 3 nitrogen and oxygen atoms in total. The van der Waals surface area contributed by atoms with Gasteiger partial charge in [-0.15, -0.1) is 0 Å². The Labute approximate surface area is 129 Å². The Morgan fingerprint density at radius 1 is 1.35 bits per heavy atom. The van der Waals surface area contributed by atoms with Crippen LogP contribution >= 0.6 is 23.2 Å². The molecule has 1 aliphatic rings. The normalized spacial score (nSPS) is 23.4. The molecule has 0 aliphatic carbocycles. The van der Waals surface area contributed by atoms with Crippen LogP contribution in [0.15, 0.2) is 23.4 Å². The molecule has 1 heterocycles. The maximum Gasteiger partial charge on any atom is 0.235 e. The maximum absolute atomic E-state index is 6.22. The Morgan fingerprint density at radius 3 is 2.60 bits per heavy atom. The van der Waals surface area contributed by atoms with Gasteiger partial charge in [0, 0.05) is 5.56 Å². The third-order valence-electron chi connectivity index (χ3n) is 3.38. The molecule has 0 amide bonds. The monoisotopic (exact) mass is 315 g/mol. The van der Waals surface area contributed by atoms with Gasteiger partial charge in [0.2, 0.25) is 6.29 Å². The molecule has 0 saturated carbocycles. The van der Waals surface area contributed by atoms with Crippen molar-refractivity contribution in [2.24, 2.45) is 11.1 Å². The molecule has 3 atom stereocenters. The lowest BCUT2D eigenvalue weighted by atomic mass is 9.98. The van der Waals surface area contributed by atoms with Gasteiger partial charge in [0.1, 0.15) is 0 Å². The van der Waals surface area contributed by atoms with Crippen molar-refractivity contribution < 1.29 is 9.57 Å². The van der Waals surface area contributed by atoms with E-state index in [1.54, 1.807) is 12.1 Å². The van der Waals surface area contributed by atoms with Crippen LogP contribution in [0.3, 0.4) is 0 Å². The van der Waals surface area contributed by atoms with E-state index in [-0.39, 0.29) is 18.3 Å². The zero-order chi connectivity index (χ0) is 14.7. The Kier molecular flexibility index (Phi) is 5.30. The number of oxime groups is 1. The summed E-state index contributed by atoms with van der Waals surface area (Å²) in [5.41, 5.74) is 1.48. The van der Waals surface area contributed by atoms with Crippen LogP contribution in [-0.4, -0.2) is 18.1 Å². The molecule has 0 spiro atoms. The highest BCUT2D eigenvalue weighted by Crippen LogP contribution is 2.32. The van der Waals surface area contributed by atoms with E-state index in [4.69, 9.17) is 32.8 Å². The van der Waals surface area contributed by atoms with Gasteiger partial charge < -0.3 is 9.57 Å². The quantitative estimate of drug-likeness (QED) is 0.774. The molecule has 0 saturated heterocycles. The van der Waals surface area contributed by atoms with Crippen molar-refractivity contribution in [3.05, 3.63) is 33.8 Å². The SMILES string of the molecule is CCCC(C)OC1ON=C(c2c(Cl)cccc2Cl)C1C. The second-order valence-electron chi connectivity index (χ2n) is 5.07. The summed E-state index contributed by atoms with van der Waals surface area (Å²) in [6.45, 7) is 6.18. The molecule has 1 aliphatic heterocycles. The van der Waals surface area contributed by atoms with Crippen molar-refractivity contribution in [2.45, 2.75) is 46.0 Å². The number of halogens is 2. The highest BCUT2D eigenvalue weighted by atomic mass is 35.5. The lowest BCUT2D eigenvalue weighted by Crippen LogP contribution is -2.28. The Bertz CT molecular complexity index is 484. The van der Waals surface area contributed by atoms with Gasteiger partial charge in [-0.25, -0.2) is 0 Å². The number of hydrogen-bond acceptors (Lipinski definition) is 3. The van der Waals surface area contributed by atoms with Crippen molar-refractivity contribution in [1.29, 1.82) is 0 Å². The van der Waals surface area contributed by atoms with E-state index >= 15 is 0 Å². The molecule has 1 aromatic carbocycles. The van der Waals surface area contributed by atoms with Gasteiger partial charge in [-0.3, -0.25) is 0 Å². The zero-order valence-corrected chi connectivity index (χ0v) is 13.4. The van der Waals surface area contributed by atoms with Gasteiger partial charge in [0.05, 0.1) is 27.8 Å². The second-order valence-corrected chi connectivity index (χ2v) is 5.89. The standard InChI is InChI=1S/C15H19Cl2NO2/c1-4-6-9(2)19-15-10(3)14(18-20-15)13-11(16)7-5-8-12(13)17/h5,7-10,15H,4,6H2,1-3H3. The molecule has 2 rings (SSSR count). The third-order valence-corrected chi connectivity index (χ3v) is 4.00. The van der Waals surface area contributed by atoms with Gasteiger partial charge in [0.25, 0.3) is 0 Å². The smallest absolute Gasteiger partial charge is 0.235 e. The van der Waals surface area contributed by atoms with Crippen molar-refractivity contribution in [3.63, 3.8) is 0 Å². The van der Waals surface area contributed by atoms with E-state index < -0.39 is 0 Å². The van der Waals surface area contributed by atoms with Gasteiger partial charge >= 0.3 is 0 Å². The predicted octanol–water partition coefficient (Wildman–Crippen LogP) is 4.90. The fraction of sp³-hybridized carbons (Fsp3) is 0.533. The lowest BCUT2D eigenvalue weighted by molar-refractivity contribution is -0.167. The molecule has 20 heavy (non-hydrogen) atoms. The largest absolute Gasteiger partial charge is 0.363 e. The summed E-state index contributed by atoms with van der Waals surface area (Å²) in [4.78, 5) is 5.41. The first-order chi connectivity index (χ1) is 9.54. The van der Waals surface area contributed by atoms with Crippen molar-refractivity contribution in [1.82, 2.24) is 0 Å². The van der Waals surface area contributed by atoms with Gasteiger partial charge in [-0.05, 0) is 25.5 Å². The first-order valence-electron chi connectivity index (χ1n) is 6.88. The number of benzene rings is 1. The molecule has 3 unspecified atom stereocenters. The van der Waals surface area contributed by atoms with Crippen molar-refractivity contribution in [3.8, 4) is 0 Å². The minimum Gasteiger partial charge on any atom is -0.363 e. The summed E-state index contributed by atoms with van der Waals surface area (Å²) in [6.07, 6.45) is 1.84. The van der Waals surface area contributed by atoms with E-state index in [9.17, 15) is 0 Å². The summed E-state index contributed by atoms with van der Waals surface area (Å²) in [5.74, 6) is -0.00768. The van der Waals surface area contributed by atoms with E-state index in [1.165, 1.54) is 0 Å². The molecule has 1 aromatic rings. The van der Waals surface area contributed by atoms with Crippen LogP contribution in [0, 0.1) is 5.92 Å². The molecular formula is C15H19Cl2NO2. The average molecular weight is 316 g/mol. The highest BCUT2D eigenvalue weighted by Gasteiger charge is 2.35. The molecule has 5 heteroatoms. The number of hydrogen-bond donors (Lipinski definition) is 0. The van der Waals surface area contributed by atoms with Crippen LogP contribution in [0.4, 0.5) is 0 Å². The van der Waals surface area contributed by atoms with Gasteiger partial charge in [-0.1, -0.05) is 54.7 Å². The molecule has 110 valence electrons. The molecular weight excluding hydrogens is 297 g/mol. The van der Waals surface area contributed by atoms with Crippen LogP contribution in [-0.2, 0) is 9.57 Å². The number of rotatable bonds is 5. The first-order valence-corrected chi connectivity index (χ1v) is 7.63. The molecule has 0 radical (unpaired) electrons. The predicted molar refractivity (Wildman–Crippen MR) is 82.5 cm³/mol. The molecule has 0 fully saturated rings. The van der Waals surface area contributed by atoms with Crippen LogP contribution in [0.25, 0.3) is 0 Å². The van der Waals surface area contributed by atoms with Crippen LogP contribution in [0.5, 0.6) is 0 Å². The van der Waals surface area contributed by atoms with Crippen LogP contribution < -0.4 is 0 Å². The van der Waals surface area contributed by atoms with E-state index in [0.29, 0.717) is 10.0 Å². The zero-order valence-electron chi connectivity index (χ0n) is 11.9. The minimum absolute atomic E-state index is 0.00768. The maximum atomic E-state index is 6.22. The Morgan fingerprint density at radius 2 is 2.00 bits per heavy atom. The van der Waals surface area contributed by atoms with E-state index in [2.05, 4.69) is 12.1 Å². The first kappa shape index (κ1) is 15.6. The fourth-order valence-electron chi connectivity index (χ4n) is 2.27. The van der Waals surface area contributed by atoms with Gasteiger partial charge in [-0.2, -0.15) is 0 Å².